The van der Waals surface area contributed by atoms with Gasteiger partial charge in [-0.3, -0.25) is 4.79 Å². The lowest BCUT2D eigenvalue weighted by Gasteiger charge is -2.30. The number of hydrogen-bond acceptors (Lipinski definition) is 4. The summed E-state index contributed by atoms with van der Waals surface area (Å²) in [6, 6.07) is 6.90. The maximum atomic E-state index is 12.1. The smallest absolute Gasteiger partial charge is 0.251 e. The molecule has 116 valence electrons. The number of piperidine rings is 1. The van der Waals surface area contributed by atoms with Gasteiger partial charge in [0.15, 0.2) is 0 Å². The quantitative estimate of drug-likeness (QED) is 0.894. The molecule has 0 aromatic heterocycles. The Morgan fingerprint density at radius 2 is 1.81 bits per heavy atom. The zero-order valence-corrected chi connectivity index (χ0v) is 13.0. The van der Waals surface area contributed by atoms with Crippen LogP contribution in [-0.4, -0.2) is 51.1 Å². The van der Waals surface area contributed by atoms with E-state index in [0.29, 0.717) is 37.2 Å². The van der Waals surface area contributed by atoms with Crippen LogP contribution in [0.4, 0.5) is 0 Å². The summed E-state index contributed by atoms with van der Waals surface area (Å²) in [5, 5.41) is 2.94. The summed E-state index contributed by atoms with van der Waals surface area (Å²) >= 11 is 0. The number of hydrogen-bond donors (Lipinski definition) is 1. The van der Waals surface area contributed by atoms with Crippen LogP contribution in [0.15, 0.2) is 24.3 Å². The van der Waals surface area contributed by atoms with E-state index in [1.54, 1.807) is 31.4 Å². The van der Waals surface area contributed by atoms with Crippen LogP contribution >= 0.6 is 0 Å². The molecule has 0 radical (unpaired) electrons. The van der Waals surface area contributed by atoms with Crippen LogP contribution in [0.1, 0.15) is 23.2 Å². The van der Waals surface area contributed by atoms with Crippen molar-refractivity contribution in [2.75, 3.05) is 26.5 Å². The lowest BCUT2D eigenvalue weighted by Crippen LogP contribution is -2.46. The van der Waals surface area contributed by atoms with E-state index in [4.69, 9.17) is 4.74 Å². The number of carbonyl (C=O) groups excluding carboxylic acids is 1. The molecule has 2 rings (SSSR count). The highest BCUT2D eigenvalue weighted by Gasteiger charge is 2.25. The van der Waals surface area contributed by atoms with Gasteiger partial charge in [-0.15, -0.1) is 0 Å². The first-order chi connectivity index (χ1) is 9.90. The number of benzene rings is 1. The van der Waals surface area contributed by atoms with Crippen LogP contribution in [-0.2, 0) is 10.0 Å². The molecule has 1 aliphatic heterocycles. The molecule has 0 unspecified atom stereocenters. The minimum Gasteiger partial charge on any atom is -0.497 e. The van der Waals surface area contributed by atoms with Crippen LogP contribution < -0.4 is 10.1 Å². The fourth-order valence-electron chi connectivity index (χ4n) is 2.34. The molecule has 7 heteroatoms. The Balaban J connectivity index is 1.89. The molecular formula is C14H20N2O4S. The molecule has 1 fully saturated rings. The predicted octanol–water partition coefficient (Wildman–Crippen LogP) is 0.849. The number of carbonyl (C=O) groups is 1. The van der Waals surface area contributed by atoms with E-state index in [-0.39, 0.29) is 11.9 Å². The van der Waals surface area contributed by atoms with Crippen molar-refractivity contribution in [3.63, 3.8) is 0 Å². The number of nitrogens with one attached hydrogen (secondary N) is 1. The van der Waals surface area contributed by atoms with E-state index in [0.717, 1.165) is 0 Å². The van der Waals surface area contributed by atoms with Gasteiger partial charge < -0.3 is 10.1 Å². The third-order valence-electron chi connectivity index (χ3n) is 3.61. The standard InChI is InChI=1S/C14H20N2O4S/c1-20-13-5-3-11(4-6-13)14(17)15-12-7-9-16(10-8-12)21(2,18)19/h3-6,12H,7-10H2,1-2H3,(H,15,17). The van der Waals surface area contributed by atoms with E-state index in [9.17, 15) is 13.2 Å². The first-order valence-electron chi connectivity index (χ1n) is 6.80. The van der Waals surface area contributed by atoms with E-state index in [1.165, 1.54) is 10.6 Å². The topological polar surface area (TPSA) is 75.7 Å². The van der Waals surface area contributed by atoms with Crippen molar-refractivity contribution in [2.45, 2.75) is 18.9 Å². The molecule has 1 aromatic carbocycles. The Labute approximate surface area is 125 Å². The highest BCUT2D eigenvalue weighted by molar-refractivity contribution is 7.88. The molecule has 1 saturated heterocycles. The molecule has 1 aromatic rings. The monoisotopic (exact) mass is 312 g/mol. The zero-order chi connectivity index (χ0) is 15.5. The van der Waals surface area contributed by atoms with Gasteiger partial charge in [0.25, 0.3) is 5.91 Å². The largest absolute Gasteiger partial charge is 0.497 e. The van der Waals surface area contributed by atoms with Crippen molar-refractivity contribution in [3.8, 4) is 5.75 Å². The molecule has 0 spiro atoms. The van der Waals surface area contributed by atoms with Crippen molar-refractivity contribution < 1.29 is 17.9 Å². The minimum absolute atomic E-state index is 0.0117. The second kappa shape index (κ2) is 6.44. The maximum Gasteiger partial charge on any atom is 0.251 e. The van der Waals surface area contributed by atoms with Gasteiger partial charge in [-0.25, -0.2) is 12.7 Å². The molecular weight excluding hydrogens is 292 g/mol. The predicted molar refractivity (Wildman–Crippen MR) is 79.9 cm³/mol. The second-order valence-electron chi connectivity index (χ2n) is 5.14. The molecule has 1 heterocycles. The molecule has 1 amide bonds. The van der Waals surface area contributed by atoms with Crippen LogP contribution in [0.3, 0.4) is 0 Å². The van der Waals surface area contributed by atoms with Gasteiger partial charge >= 0.3 is 0 Å². The van der Waals surface area contributed by atoms with Crippen molar-refractivity contribution in [1.82, 2.24) is 9.62 Å². The van der Waals surface area contributed by atoms with E-state index < -0.39 is 10.0 Å². The molecule has 1 N–H and O–H groups in total. The van der Waals surface area contributed by atoms with Crippen molar-refractivity contribution in [3.05, 3.63) is 29.8 Å². The summed E-state index contributed by atoms with van der Waals surface area (Å²) in [5.74, 6) is 0.559. The number of methoxy groups -OCH3 is 1. The number of ether oxygens (including phenoxy) is 1. The zero-order valence-electron chi connectivity index (χ0n) is 12.2. The van der Waals surface area contributed by atoms with Gasteiger partial charge in [0.05, 0.1) is 13.4 Å². The summed E-state index contributed by atoms with van der Waals surface area (Å²) in [4.78, 5) is 12.1. The van der Waals surface area contributed by atoms with Crippen LogP contribution in [0, 0.1) is 0 Å². The van der Waals surface area contributed by atoms with Crippen molar-refractivity contribution in [2.24, 2.45) is 0 Å². The summed E-state index contributed by atoms with van der Waals surface area (Å²) in [6.45, 7) is 0.902. The SMILES string of the molecule is COc1ccc(C(=O)NC2CCN(S(C)(=O)=O)CC2)cc1. The molecule has 0 atom stereocenters. The third-order valence-corrected chi connectivity index (χ3v) is 4.91. The Morgan fingerprint density at radius 3 is 2.29 bits per heavy atom. The van der Waals surface area contributed by atoms with Crippen molar-refractivity contribution >= 4 is 15.9 Å². The third kappa shape index (κ3) is 4.18. The van der Waals surface area contributed by atoms with Crippen LogP contribution in [0.5, 0.6) is 5.75 Å². The molecule has 0 saturated carbocycles. The number of amides is 1. The van der Waals surface area contributed by atoms with Gasteiger partial charge in [-0.2, -0.15) is 0 Å². The fraction of sp³-hybridized carbons (Fsp3) is 0.500. The minimum atomic E-state index is -3.13. The second-order valence-corrected chi connectivity index (χ2v) is 7.12. The summed E-state index contributed by atoms with van der Waals surface area (Å²) < 4.78 is 29.3. The number of sulfonamides is 1. The maximum absolute atomic E-state index is 12.1. The molecule has 0 aliphatic carbocycles. The Morgan fingerprint density at radius 1 is 1.24 bits per heavy atom. The lowest BCUT2D eigenvalue weighted by atomic mass is 10.1. The van der Waals surface area contributed by atoms with Gasteiger partial charge in [0.1, 0.15) is 5.75 Å². The molecule has 6 nitrogen and oxygen atoms in total. The Kier molecular flexibility index (Phi) is 4.84. The van der Waals surface area contributed by atoms with Gasteiger partial charge in [0.2, 0.25) is 10.0 Å². The summed E-state index contributed by atoms with van der Waals surface area (Å²) in [7, 11) is -1.56. The van der Waals surface area contributed by atoms with Crippen LogP contribution in [0.2, 0.25) is 0 Å². The highest BCUT2D eigenvalue weighted by Crippen LogP contribution is 2.15. The van der Waals surface area contributed by atoms with Gasteiger partial charge in [-0.05, 0) is 37.1 Å². The van der Waals surface area contributed by atoms with Gasteiger partial charge in [0, 0.05) is 24.7 Å². The van der Waals surface area contributed by atoms with Crippen molar-refractivity contribution in [1.29, 1.82) is 0 Å². The molecule has 1 aliphatic rings. The number of nitrogens with zero attached hydrogens (tertiary/aromatic N) is 1. The van der Waals surface area contributed by atoms with E-state index >= 15 is 0 Å². The molecule has 0 bridgehead atoms. The van der Waals surface area contributed by atoms with Crippen LogP contribution in [0.25, 0.3) is 0 Å². The lowest BCUT2D eigenvalue weighted by molar-refractivity contribution is 0.0924. The average Bonchev–Trinajstić information content (AvgIpc) is 2.47. The van der Waals surface area contributed by atoms with E-state index in [2.05, 4.69) is 5.32 Å². The highest BCUT2D eigenvalue weighted by atomic mass is 32.2. The summed E-state index contributed by atoms with van der Waals surface area (Å²) in [6.07, 6.45) is 2.48. The fourth-order valence-corrected chi connectivity index (χ4v) is 3.22. The first-order valence-corrected chi connectivity index (χ1v) is 8.65. The van der Waals surface area contributed by atoms with E-state index in [1.807, 2.05) is 0 Å². The normalized spacial score (nSPS) is 17.4. The first kappa shape index (κ1) is 15.8. The number of rotatable bonds is 4. The van der Waals surface area contributed by atoms with Gasteiger partial charge in [-0.1, -0.05) is 0 Å². The molecule has 21 heavy (non-hydrogen) atoms. The average molecular weight is 312 g/mol. The summed E-state index contributed by atoms with van der Waals surface area (Å²) in [5.41, 5.74) is 0.571. The Hall–Kier alpha value is -1.60. The Bertz CT molecular complexity index is 590.